The van der Waals surface area contributed by atoms with Gasteiger partial charge in [0, 0.05) is 13.8 Å². The highest BCUT2D eigenvalue weighted by atomic mass is 16.5. The van der Waals surface area contributed by atoms with Crippen molar-refractivity contribution in [1.82, 2.24) is 0 Å². The van der Waals surface area contributed by atoms with Crippen LogP contribution in [0.2, 0.25) is 0 Å². The molecule has 0 heterocycles. The van der Waals surface area contributed by atoms with Crippen molar-refractivity contribution >= 4 is 11.9 Å². The Labute approximate surface area is 85.3 Å². The van der Waals surface area contributed by atoms with Gasteiger partial charge in [0.25, 0.3) is 5.97 Å². The van der Waals surface area contributed by atoms with E-state index >= 15 is 0 Å². The average molecular weight is 204 g/mol. The molecule has 0 aliphatic carbocycles. The number of hydrogen-bond donors (Lipinski definition) is 1. The van der Waals surface area contributed by atoms with Crippen LogP contribution in [0.15, 0.2) is 0 Å². The van der Waals surface area contributed by atoms with Gasteiger partial charge in [-0.05, 0) is 6.42 Å². The molecule has 0 aromatic heterocycles. The second-order valence-corrected chi connectivity index (χ2v) is 2.92. The first-order valence-electron chi connectivity index (χ1n) is 4.83. The fourth-order valence-electron chi connectivity index (χ4n) is 0.745. The first-order chi connectivity index (χ1) is 6.50. The van der Waals surface area contributed by atoms with Gasteiger partial charge in [-0.15, -0.1) is 0 Å². The molecule has 0 spiro atoms. The van der Waals surface area contributed by atoms with Gasteiger partial charge in [0.1, 0.15) is 0 Å². The van der Waals surface area contributed by atoms with Gasteiger partial charge >= 0.3 is 5.97 Å². The Balaban J connectivity index is 0. The van der Waals surface area contributed by atoms with Gasteiger partial charge < -0.3 is 9.84 Å². The largest absolute Gasteiger partial charge is 0.481 e. The number of carboxylic acid groups (broad SMARTS) is 1. The molecule has 0 radical (unpaired) electrons. The van der Waals surface area contributed by atoms with Crippen molar-refractivity contribution < 1.29 is 19.4 Å². The van der Waals surface area contributed by atoms with Crippen LogP contribution in [-0.2, 0) is 14.3 Å². The molecule has 0 aromatic rings. The monoisotopic (exact) mass is 204 g/mol. The molecule has 0 bridgehead atoms. The lowest BCUT2D eigenvalue weighted by atomic mass is 10.2. The second kappa shape index (κ2) is 11.9. The zero-order valence-electron chi connectivity index (χ0n) is 9.21. The Morgan fingerprint density at radius 1 is 1.14 bits per heavy atom. The summed E-state index contributed by atoms with van der Waals surface area (Å²) in [4.78, 5) is 19.3. The molecule has 0 rings (SSSR count). The number of hydrogen-bond acceptors (Lipinski definition) is 3. The Morgan fingerprint density at radius 3 is 2.00 bits per heavy atom. The maximum absolute atomic E-state index is 10.3. The SMILES string of the molecule is CC(=O)O.CCCCCCOC(C)=O. The van der Waals surface area contributed by atoms with Crippen molar-refractivity contribution in [2.45, 2.75) is 46.5 Å². The first kappa shape index (κ1) is 15.4. The van der Waals surface area contributed by atoms with E-state index < -0.39 is 5.97 Å². The highest BCUT2D eigenvalue weighted by Crippen LogP contribution is 1.98. The molecule has 0 aromatic carbocycles. The third-order valence-corrected chi connectivity index (χ3v) is 1.30. The standard InChI is InChI=1S/C8H16O2.C2H4O2/c1-3-4-5-6-7-10-8(2)9;1-2(3)4/h3-7H2,1-2H3;1H3,(H,3,4). The molecule has 0 saturated heterocycles. The number of carbonyl (C=O) groups is 2. The summed E-state index contributed by atoms with van der Waals surface area (Å²) in [6, 6.07) is 0. The van der Waals surface area contributed by atoms with Gasteiger partial charge in [0.05, 0.1) is 6.61 Å². The molecule has 0 fully saturated rings. The van der Waals surface area contributed by atoms with Crippen molar-refractivity contribution in [3.05, 3.63) is 0 Å². The number of aliphatic carboxylic acids is 1. The second-order valence-electron chi connectivity index (χ2n) is 2.92. The molecule has 0 aliphatic heterocycles. The Hall–Kier alpha value is -1.06. The third kappa shape index (κ3) is 30.6. The fraction of sp³-hybridized carbons (Fsp3) is 0.800. The maximum atomic E-state index is 10.3. The van der Waals surface area contributed by atoms with Crippen LogP contribution in [0, 0.1) is 0 Å². The predicted octanol–water partition coefficient (Wildman–Crippen LogP) is 2.22. The summed E-state index contributed by atoms with van der Waals surface area (Å²) in [6.45, 7) is 5.28. The number of carboxylic acids is 1. The fourth-order valence-corrected chi connectivity index (χ4v) is 0.745. The van der Waals surface area contributed by atoms with Gasteiger partial charge in [0.2, 0.25) is 0 Å². The van der Waals surface area contributed by atoms with Crippen LogP contribution in [0.3, 0.4) is 0 Å². The molecular formula is C10H20O4. The first-order valence-corrected chi connectivity index (χ1v) is 4.83. The van der Waals surface area contributed by atoms with Crippen LogP contribution < -0.4 is 0 Å². The molecule has 14 heavy (non-hydrogen) atoms. The molecule has 0 unspecified atom stereocenters. The zero-order valence-corrected chi connectivity index (χ0v) is 9.21. The van der Waals surface area contributed by atoms with Crippen molar-refractivity contribution in [3.63, 3.8) is 0 Å². The van der Waals surface area contributed by atoms with E-state index in [1.165, 1.54) is 26.2 Å². The van der Waals surface area contributed by atoms with E-state index in [0.29, 0.717) is 6.61 Å². The molecule has 0 amide bonds. The number of rotatable bonds is 5. The lowest BCUT2D eigenvalue weighted by Crippen LogP contribution is -1.99. The van der Waals surface area contributed by atoms with Crippen molar-refractivity contribution in [2.75, 3.05) is 6.61 Å². The number of ether oxygens (including phenoxy) is 1. The lowest BCUT2D eigenvalue weighted by Gasteiger charge is -1.99. The lowest BCUT2D eigenvalue weighted by molar-refractivity contribution is -0.141. The smallest absolute Gasteiger partial charge is 0.302 e. The molecule has 0 atom stereocenters. The predicted molar refractivity (Wildman–Crippen MR) is 54.1 cm³/mol. The van der Waals surface area contributed by atoms with E-state index in [9.17, 15) is 4.79 Å². The van der Waals surface area contributed by atoms with Crippen molar-refractivity contribution in [3.8, 4) is 0 Å². The molecule has 0 aliphatic rings. The molecule has 0 saturated carbocycles. The van der Waals surface area contributed by atoms with E-state index in [0.717, 1.165) is 13.3 Å². The topological polar surface area (TPSA) is 63.6 Å². The molecule has 1 N–H and O–H groups in total. The minimum atomic E-state index is -0.833. The van der Waals surface area contributed by atoms with E-state index in [1.807, 2.05) is 0 Å². The Kier molecular flexibility index (Phi) is 13.1. The summed E-state index contributed by atoms with van der Waals surface area (Å²) < 4.78 is 4.75. The summed E-state index contributed by atoms with van der Waals surface area (Å²) in [6.07, 6.45) is 4.64. The number of carbonyl (C=O) groups excluding carboxylic acids is 1. The summed E-state index contributed by atoms with van der Waals surface area (Å²) in [5, 5.41) is 7.42. The van der Waals surface area contributed by atoms with Crippen LogP contribution in [-0.4, -0.2) is 23.7 Å². The quantitative estimate of drug-likeness (QED) is 0.551. The van der Waals surface area contributed by atoms with E-state index in [4.69, 9.17) is 14.6 Å². The zero-order chi connectivity index (χ0) is 11.4. The minimum Gasteiger partial charge on any atom is -0.481 e. The van der Waals surface area contributed by atoms with Gasteiger partial charge in [0.15, 0.2) is 0 Å². The van der Waals surface area contributed by atoms with Crippen LogP contribution in [0.5, 0.6) is 0 Å². The molecular weight excluding hydrogens is 184 g/mol. The van der Waals surface area contributed by atoms with Gasteiger partial charge in [-0.2, -0.15) is 0 Å². The van der Waals surface area contributed by atoms with Crippen molar-refractivity contribution in [2.24, 2.45) is 0 Å². The van der Waals surface area contributed by atoms with Crippen molar-refractivity contribution in [1.29, 1.82) is 0 Å². The highest BCUT2D eigenvalue weighted by molar-refractivity contribution is 5.65. The summed E-state index contributed by atoms with van der Waals surface area (Å²) in [5.41, 5.74) is 0. The highest BCUT2D eigenvalue weighted by Gasteiger charge is 1.91. The number of esters is 1. The van der Waals surface area contributed by atoms with Crippen LogP contribution >= 0.6 is 0 Å². The maximum Gasteiger partial charge on any atom is 0.302 e. The number of unbranched alkanes of at least 4 members (excludes halogenated alkanes) is 3. The van der Waals surface area contributed by atoms with Crippen LogP contribution in [0.25, 0.3) is 0 Å². The normalized spacial score (nSPS) is 8.50. The van der Waals surface area contributed by atoms with E-state index in [-0.39, 0.29) is 5.97 Å². The average Bonchev–Trinajstić information content (AvgIpc) is 2.02. The Bertz CT molecular complexity index is 150. The van der Waals surface area contributed by atoms with Crippen LogP contribution in [0.1, 0.15) is 46.5 Å². The minimum absolute atomic E-state index is 0.170. The van der Waals surface area contributed by atoms with Gasteiger partial charge in [-0.3, -0.25) is 9.59 Å². The summed E-state index contributed by atoms with van der Waals surface area (Å²) >= 11 is 0. The van der Waals surface area contributed by atoms with E-state index in [2.05, 4.69) is 6.92 Å². The van der Waals surface area contributed by atoms with Crippen LogP contribution in [0.4, 0.5) is 0 Å². The van der Waals surface area contributed by atoms with Gasteiger partial charge in [-0.1, -0.05) is 26.2 Å². The molecule has 4 nitrogen and oxygen atoms in total. The van der Waals surface area contributed by atoms with Gasteiger partial charge in [-0.25, -0.2) is 0 Å². The Morgan fingerprint density at radius 2 is 1.64 bits per heavy atom. The summed E-state index contributed by atoms with van der Waals surface area (Å²) in [5.74, 6) is -1.00. The third-order valence-electron chi connectivity index (χ3n) is 1.30. The molecule has 4 heteroatoms. The summed E-state index contributed by atoms with van der Waals surface area (Å²) in [7, 11) is 0. The molecule has 84 valence electrons. The van der Waals surface area contributed by atoms with E-state index in [1.54, 1.807) is 0 Å².